The fourth-order valence-electron chi connectivity index (χ4n) is 1.65. The van der Waals surface area contributed by atoms with Gasteiger partial charge in [0.1, 0.15) is 0 Å². The highest BCUT2D eigenvalue weighted by atomic mass is 32.1. The van der Waals surface area contributed by atoms with Gasteiger partial charge in [0.25, 0.3) is 0 Å². The Kier molecular flexibility index (Phi) is 3.82. The van der Waals surface area contributed by atoms with E-state index in [1.807, 2.05) is 27.7 Å². The zero-order valence-corrected chi connectivity index (χ0v) is 12.8. The van der Waals surface area contributed by atoms with Crippen molar-refractivity contribution >= 4 is 17.3 Å². The molecule has 2 nitrogen and oxygen atoms in total. The number of hydrogen-bond donors (Lipinski definition) is 0. The number of aryl methyl sites for hydroxylation is 1. The van der Waals surface area contributed by atoms with E-state index in [9.17, 15) is 4.79 Å². The molecule has 0 radical (unpaired) electrons. The molecule has 0 amide bonds. The molecule has 0 spiro atoms. The minimum absolute atomic E-state index is 0.181. The van der Waals surface area contributed by atoms with Crippen LogP contribution in [-0.2, 0) is 6.42 Å². The van der Waals surface area contributed by atoms with Crippen molar-refractivity contribution in [3.63, 3.8) is 0 Å². The number of Topliss-reactive ketones (excluding diaryl/α,β-unsaturated/α-hetero) is 1. The van der Waals surface area contributed by atoms with Crippen molar-refractivity contribution in [3.8, 4) is 0 Å². The third kappa shape index (κ3) is 3.63. The SMILES string of the molecule is Cc1nsc(C(=O)C(C)(C)C)c1CC(C)(C)C. The third-order valence-corrected chi connectivity index (χ3v) is 3.56. The molecule has 0 saturated heterocycles. The molecule has 1 rings (SSSR count). The van der Waals surface area contributed by atoms with Gasteiger partial charge in [-0.05, 0) is 35.9 Å². The van der Waals surface area contributed by atoms with E-state index in [1.165, 1.54) is 11.5 Å². The zero-order valence-electron chi connectivity index (χ0n) is 12.0. The molecule has 0 atom stereocenters. The van der Waals surface area contributed by atoms with Crippen molar-refractivity contribution in [2.45, 2.75) is 54.9 Å². The number of hydrogen-bond acceptors (Lipinski definition) is 3. The van der Waals surface area contributed by atoms with Crippen molar-refractivity contribution in [3.05, 3.63) is 16.1 Å². The number of rotatable bonds is 2. The molecule has 3 heteroatoms. The van der Waals surface area contributed by atoms with Crippen LogP contribution in [0, 0.1) is 17.8 Å². The molecule has 1 heterocycles. The van der Waals surface area contributed by atoms with Crippen molar-refractivity contribution in [2.24, 2.45) is 10.8 Å². The van der Waals surface area contributed by atoms with Crippen molar-refractivity contribution in [1.82, 2.24) is 4.37 Å². The third-order valence-electron chi connectivity index (χ3n) is 2.58. The number of carbonyl (C=O) groups is 1. The van der Waals surface area contributed by atoms with E-state index in [4.69, 9.17) is 0 Å². The van der Waals surface area contributed by atoms with Crippen LogP contribution in [0.1, 0.15) is 62.5 Å². The van der Waals surface area contributed by atoms with Gasteiger partial charge in [0.2, 0.25) is 0 Å². The first kappa shape index (κ1) is 14.4. The zero-order chi connectivity index (χ0) is 13.4. The minimum atomic E-state index is -0.328. The van der Waals surface area contributed by atoms with Gasteiger partial charge in [-0.15, -0.1) is 0 Å². The molecular weight excluding hydrogens is 230 g/mol. The molecule has 0 N–H and O–H groups in total. The van der Waals surface area contributed by atoms with Gasteiger partial charge in [-0.3, -0.25) is 4.79 Å². The molecular formula is C14H23NOS. The number of nitrogens with zero attached hydrogens (tertiary/aromatic N) is 1. The first-order valence-electron chi connectivity index (χ1n) is 6.02. The molecule has 0 aliphatic heterocycles. The Labute approximate surface area is 109 Å². The quantitative estimate of drug-likeness (QED) is 0.737. The summed E-state index contributed by atoms with van der Waals surface area (Å²) in [5.41, 5.74) is 2.01. The van der Waals surface area contributed by atoms with Crippen LogP contribution >= 0.6 is 11.5 Å². The number of aromatic nitrogens is 1. The summed E-state index contributed by atoms with van der Waals surface area (Å²) < 4.78 is 4.36. The minimum Gasteiger partial charge on any atom is -0.293 e. The van der Waals surface area contributed by atoms with Crippen molar-refractivity contribution in [2.75, 3.05) is 0 Å². The Morgan fingerprint density at radius 2 is 1.71 bits per heavy atom. The van der Waals surface area contributed by atoms with Crippen LogP contribution in [0.2, 0.25) is 0 Å². The summed E-state index contributed by atoms with van der Waals surface area (Å²) in [4.78, 5) is 13.2. The summed E-state index contributed by atoms with van der Waals surface area (Å²) in [6, 6.07) is 0. The van der Waals surface area contributed by atoms with E-state index in [0.29, 0.717) is 0 Å². The lowest BCUT2D eigenvalue weighted by Gasteiger charge is -2.21. The summed E-state index contributed by atoms with van der Waals surface area (Å²) in [5, 5.41) is 0. The van der Waals surface area contributed by atoms with Crippen LogP contribution in [0.4, 0.5) is 0 Å². The molecule has 1 aromatic heterocycles. The Morgan fingerprint density at radius 1 is 1.18 bits per heavy atom. The largest absolute Gasteiger partial charge is 0.293 e. The highest BCUT2D eigenvalue weighted by molar-refractivity contribution is 7.08. The van der Waals surface area contributed by atoms with Gasteiger partial charge in [-0.25, -0.2) is 0 Å². The van der Waals surface area contributed by atoms with Crippen LogP contribution < -0.4 is 0 Å². The number of carbonyl (C=O) groups excluding carboxylic acids is 1. The predicted octanol–water partition coefficient (Wildman–Crippen LogP) is 4.27. The van der Waals surface area contributed by atoms with Crippen LogP contribution in [0.15, 0.2) is 0 Å². The molecule has 0 aliphatic rings. The van der Waals surface area contributed by atoms with Gasteiger partial charge in [0, 0.05) is 5.41 Å². The summed E-state index contributed by atoms with van der Waals surface area (Å²) in [5.74, 6) is 0.211. The Morgan fingerprint density at radius 3 is 2.12 bits per heavy atom. The average molecular weight is 253 g/mol. The Hall–Kier alpha value is -0.700. The number of ketones is 1. The maximum atomic E-state index is 12.4. The second-order valence-corrected chi connectivity index (χ2v) is 7.67. The summed E-state index contributed by atoms with van der Waals surface area (Å²) in [6.45, 7) is 14.5. The van der Waals surface area contributed by atoms with Gasteiger partial charge in [0.15, 0.2) is 5.78 Å². The van der Waals surface area contributed by atoms with Gasteiger partial charge < -0.3 is 0 Å². The predicted molar refractivity (Wildman–Crippen MR) is 73.8 cm³/mol. The molecule has 0 fully saturated rings. The van der Waals surface area contributed by atoms with E-state index >= 15 is 0 Å². The second kappa shape index (κ2) is 4.52. The maximum absolute atomic E-state index is 12.4. The topological polar surface area (TPSA) is 30.0 Å². The highest BCUT2D eigenvalue weighted by Gasteiger charge is 2.29. The van der Waals surface area contributed by atoms with Crippen LogP contribution in [0.3, 0.4) is 0 Å². The maximum Gasteiger partial charge on any atom is 0.179 e. The molecule has 17 heavy (non-hydrogen) atoms. The van der Waals surface area contributed by atoms with Crippen LogP contribution in [0.5, 0.6) is 0 Å². The molecule has 0 aliphatic carbocycles. The lowest BCUT2D eigenvalue weighted by molar-refractivity contribution is 0.0861. The molecule has 0 aromatic carbocycles. The standard InChI is InChI=1S/C14H23NOS/c1-9-10(8-13(2,3)4)11(17-15-9)12(16)14(5,6)7/h8H2,1-7H3. The van der Waals surface area contributed by atoms with Crippen molar-refractivity contribution < 1.29 is 4.79 Å². The molecule has 0 bridgehead atoms. The van der Waals surface area contributed by atoms with E-state index in [-0.39, 0.29) is 16.6 Å². The average Bonchev–Trinajstić information content (AvgIpc) is 2.43. The Balaban J connectivity index is 3.15. The van der Waals surface area contributed by atoms with E-state index < -0.39 is 0 Å². The van der Waals surface area contributed by atoms with E-state index in [0.717, 1.165) is 22.6 Å². The lowest BCUT2D eigenvalue weighted by atomic mass is 9.83. The van der Waals surface area contributed by atoms with Crippen LogP contribution in [-0.4, -0.2) is 10.2 Å². The molecule has 1 aromatic rings. The van der Waals surface area contributed by atoms with Gasteiger partial charge in [-0.2, -0.15) is 4.37 Å². The van der Waals surface area contributed by atoms with E-state index in [2.05, 4.69) is 25.1 Å². The first-order valence-corrected chi connectivity index (χ1v) is 6.79. The van der Waals surface area contributed by atoms with Gasteiger partial charge >= 0.3 is 0 Å². The van der Waals surface area contributed by atoms with Crippen LogP contribution in [0.25, 0.3) is 0 Å². The molecule has 0 saturated carbocycles. The fourth-order valence-corrected chi connectivity index (χ4v) is 2.70. The van der Waals surface area contributed by atoms with Gasteiger partial charge in [0.05, 0.1) is 10.6 Å². The highest BCUT2D eigenvalue weighted by Crippen LogP contribution is 2.32. The summed E-state index contributed by atoms with van der Waals surface area (Å²) in [7, 11) is 0. The lowest BCUT2D eigenvalue weighted by Crippen LogP contribution is -2.21. The molecule has 96 valence electrons. The van der Waals surface area contributed by atoms with Crippen molar-refractivity contribution in [1.29, 1.82) is 0 Å². The van der Waals surface area contributed by atoms with Gasteiger partial charge in [-0.1, -0.05) is 41.5 Å². The van der Waals surface area contributed by atoms with E-state index in [1.54, 1.807) is 0 Å². The smallest absolute Gasteiger partial charge is 0.179 e. The normalized spacial score (nSPS) is 12.9. The molecule has 0 unspecified atom stereocenters. The fraction of sp³-hybridized carbons (Fsp3) is 0.714. The monoisotopic (exact) mass is 253 g/mol. The Bertz CT molecular complexity index is 418. The summed E-state index contributed by atoms with van der Waals surface area (Å²) in [6.07, 6.45) is 0.909. The summed E-state index contributed by atoms with van der Waals surface area (Å²) >= 11 is 1.35. The first-order chi connectivity index (χ1) is 7.52. The second-order valence-electron chi connectivity index (χ2n) is 6.89.